The predicted molar refractivity (Wildman–Crippen MR) is 128 cm³/mol. The van der Waals surface area contributed by atoms with Gasteiger partial charge in [0.25, 0.3) is 5.91 Å². The molecule has 1 saturated carbocycles. The Morgan fingerprint density at radius 3 is 2.36 bits per heavy atom. The second kappa shape index (κ2) is 11.8. The Labute approximate surface area is 196 Å². The van der Waals surface area contributed by atoms with Gasteiger partial charge in [0.1, 0.15) is 5.75 Å². The molecular weight excluding hydrogens is 414 g/mol. The Morgan fingerprint density at radius 2 is 1.64 bits per heavy atom. The van der Waals surface area contributed by atoms with Crippen LogP contribution in [0.5, 0.6) is 5.75 Å². The molecule has 33 heavy (non-hydrogen) atoms. The number of pyridine rings is 1. The molecule has 0 atom stereocenters. The number of rotatable bonds is 6. The average Bonchev–Trinajstić information content (AvgIpc) is 2.84. The van der Waals surface area contributed by atoms with Crippen molar-refractivity contribution >= 4 is 11.8 Å². The Balaban J connectivity index is 1.26. The molecule has 176 valence electrons. The van der Waals surface area contributed by atoms with Crippen molar-refractivity contribution in [2.24, 2.45) is 5.92 Å². The Bertz CT molecular complexity index is 902. The Kier molecular flexibility index (Phi) is 8.34. The zero-order valence-corrected chi connectivity index (χ0v) is 19.5. The van der Waals surface area contributed by atoms with Gasteiger partial charge in [0, 0.05) is 44.1 Å². The van der Waals surface area contributed by atoms with E-state index in [2.05, 4.69) is 4.98 Å². The lowest BCUT2D eigenvalue weighted by Gasteiger charge is -2.35. The van der Waals surface area contributed by atoms with E-state index >= 15 is 0 Å². The fourth-order valence-corrected chi connectivity index (χ4v) is 4.77. The maximum atomic E-state index is 13.1. The van der Waals surface area contributed by atoms with Crippen LogP contribution in [0.3, 0.4) is 0 Å². The minimum Gasteiger partial charge on any atom is -0.493 e. The minimum absolute atomic E-state index is 0.00534. The summed E-state index contributed by atoms with van der Waals surface area (Å²) < 4.78 is 6.10. The minimum atomic E-state index is 0.00534. The smallest absolute Gasteiger partial charge is 0.254 e. The van der Waals surface area contributed by atoms with Gasteiger partial charge in [-0.3, -0.25) is 14.6 Å². The summed E-state index contributed by atoms with van der Waals surface area (Å²) in [6, 6.07) is 11.3. The van der Waals surface area contributed by atoms with Crippen LogP contribution in [0.4, 0.5) is 0 Å². The number of amides is 2. The lowest BCUT2D eigenvalue weighted by molar-refractivity contribution is -0.131. The average molecular weight is 450 g/mol. The van der Waals surface area contributed by atoms with Crippen LogP contribution in [0, 0.1) is 5.92 Å². The van der Waals surface area contributed by atoms with Crippen LogP contribution >= 0.6 is 0 Å². The SMILES string of the molecule is O=C(Cc1cccnc1)N1CCN(C(=O)c2cccc(OCC3CCCCCCC3)c2)CC1. The third-order valence-electron chi connectivity index (χ3n) is 6.79. The van der Waals surface area contributed by atoms with Crippen LogP contribution in [0.15, 0.2) is 48.8 Å². The number of aromatic nitrogens is 1. The van der Waals surface area contributed by atoms with Crippen LogP contribution in [0.1, 0.15) is 60.9 Å². The maximum absolute atomic E-state index is 13.1. The summed E-state index contributed by atoms with van der Waals surface area (Å²) in [5, 5.41) is 0. The first-order chi connectivity index (χ1) is 16.2. The molecule has 1 aliphatic carbocycles. The zero-order valence-electron chi connectivity index (χ0n) is 19.5. The van der Waals surface area contributed by atoms with Gasteiger partial charge in [-0.05, 0) is 48.6 Å². The molecule has 6 heteroatoms. The number of carbonyl (C=O) groups excluding carboxylic acids is 2. The molecule has 0 N–H and O–H groups in total. The predicted octanol–water partition coefficient (Wildman–Crippen LogP) is 4.35. The van der Waals surface area contributed by atoms with Gasteiger partial charge in [-0.25, -0.2) is 0 Å². The monoisotopic (exact) mass is 449 g/mol. The first-order valence-corrected chi connectivity index (χ1v) is 12.4. The second-order valence-corrected chi connectivity index (χ2v) is 9.26. The molecular formula is C27H35N3O3. The van der Waals surface area contributed by atoms with Crippen LogP contribution in [0.2, 0.25) is 0 Å². The highest BCUT2D eigenvalue weighted by Gasteiger charge is 2.25. The lowest BCUT2D eigenvalue weighted by atomic mass is 9.92. The number of hydrogen-bond acceptors (Lipinski definition) is 4. The molecule has 0 unspecified atom stereocenters. The van der Waals surface area contributed by atoms with E-state index in [9.17, 15) is 9.59 Å². The molecule has 1 aromatic heterocycles. The van der Waals surface area contributed by atoms with Crippen molar-refractivity contribution in [3.8, 4) is 5.75 Å². The number of ether oxygens (including phenoxy) is 1. The van der Waals surface area contributed by atoms with E-state index in [1.165, 1.54) is 44.9 Å². The quantitative estimate of drug-likeness (QED) is 0.658. The molecule has 4 rings (SSSR count). The molecule has 1 saturated heterocycles. The summed E-state index contributed by atoms with van der Waals surface area (Å²) in [4.78, 5) is 33.4. The summed E-state index contributed by atoms with van der Waals surface area (Å²) in [7, 11) is 0. The molecule has 2 aliphatic rings. The van der Waals surface area contributed by atoms with Gasteiger partial charge in [0.05, 0.1) is 13.0 Å². The molecule has 2 fully saturated rings. The summed E-state index contributed by atoms with van der Waals surface area (Å²) in [6.07, 6.45) is 12.9. The molecule has 2 amide bonds. The summed E-state index contributed by atoms with van der Waals surface area (Å²) in [5.41, 5.74) is 1.57. The van der Waals surface area contributed by atoms with Gasteiger partial charge in [-0.2, -0.15) is 0 Å². The number of benzene rings is 1. The van der Waals surface area contributed by atoms with Gasteiger partial charge in [-0.1, -0.05) is 44.2 Å². The van der Waals surface area contributed by atoms with E-state index in [-0.39, 0.29) is 11.8 Å². The second-order valence-electron chi connectivity index (χ2n) is 9.26. The van der Waals surface area contributed by atoms with Crippen molar-refractivity contribution in [1.29, 1.82) is 0 Å². The Morgan fingerprint density at radius 1 is 0.909 bits per heavy atom. The lowest BCUT2D eigenvalue weighted by Crippen LogP contribution is -2.51. The highest BCUT2D eigenvalue weighted by atomic mass is 16.5. The van der Waals surface area contributed by atoms with Crippen LogP contribution in [0.25, 0.3) is 0 Å². The van der Waals surface area contributed by atoms with Crippen molar-refractivity contribution in [1.82, 2.24) is 14.8 Å². The number of carbonyl (C=O) groups is 2. The van der Waals surface area contributed by atoms with Crippen LogP contribution in [-0.2, 0) is 11.2 Å². The largest absolute Gasteiger partial charge is 0.493 e. The van der Waals surface area contributed by atoms with E-state index in [4.69, 9.17) is 4.74 Å². The highest BCUT2D eigenvalue weighted by molar-refractivity contribution is 5.94. The van der Waals surface area contributed by atoms with Crippen LogP contribution in [-0.4, -0.2) is 59.4 Å². The van der Waals surface area contributed by atoms with Crippen molar-refractivity contribution < 1.29 is 14.3 Å². The fourth-order valence-electron chi connectivity index (χ4n) is 4.77. The van der Waals surface area contributed by atoms with Gasteiger partial charge in [0.15, 0.2) is 0 Å². The number of piperazine rings is 1. The normalized spacial score (nSPS) is 17.8. The highest BCUT2D eigenvalue weighted by Crippen LogP contribution is 2.24. The number of nitrogens with zero attached hydrogens (tertiary/aromatic N) is 3. The van der Waals surface area contributed by atoms with Gasteiger partial charge >= 0.3 is 0 Å². The van der Waals surface area contributed by atoms with E-state index < -0.39 is 0 Å². The fraction of sp³-hybridized carbons (Fsp3) is 0.519. The molecule has 0 spiro atoms. The molecule has 6 nitrogen and oxygen atoms in total. The molecule has 1 aliphatic heterocycles. The van der Waals surface area contributed by atoms with Crippen molar-refractivity contribution in [2.45, 2.75) is 51.4 Å². The topological polar surface area (TPSA) is 62.7 Å². The molecule has 2 heterocycles. The molecule has 1 aromatic carbocycles. The summed E-state index contributed by atoms with van der Waals surface area (Å²) in [5.74, 6) is 1.47. The van der Waals surface area contributed by atoms with Crippen molar-refractivity contribution in [3.63, 3.8) is 0 Å². The Hall–Kier alpha value is -2.89. The van der Waals surface area contributed by atoms with Crippen molar-refractivity contribution in [2.75, 3.05) is 32.8 Å². The van der Waals surface area contributed by atoms with Crippen LogP contribution < -0.4 is 4.74 Å². The van der Waals surface area contributed by atoms with Gasteiger partial charge in [0.2, 0.25) is 5.91 Å². The molecule has 0 radical (unpaired) electrons. The van der Waals surface area contributed by atoms with E-state index in [0.29, 0.717) is 44.1 Å². The standard InChI is InChI=1S/C27H35N3O3/c31-26(18-23-10-7-13-28-20-23)29-14-16-30(17-15-29)27(32)24-11-6-12-25(19-24)33-21-22-8-4-2-1-3-5-9-22/h6-7,10-13,19-20,22H,1-5,8-9,14-18,21H2. The van der Waals surface area contributed by atoms with Gasteiger partial charge < -0.3 is 14.5 Å². The van der Waals surface area contributed by atoms with E-state index in [1.54, 1.807) is 12.4 Å². The molecule has 2 aromatic rings. The summed E-state index contributed by atoms with van der Waals surface area (Å²) >= 11 is 0. The summed E-state index contributed by atoms with van der Waals surface area (Å²) in [6.45, 7) is 2.94. The third kappa shape index (κ3) is 6.80. The third-order valence-corrected chi connectivity index (χ3v) is 6.79. The number of hydrogen-bond donors (Lipinski definition) is 0. The van der Waals surface area contributed by atoms with Crippen molar-refractivity contribution in [3.05, 3.63) is 59.9 Å². The van der Waals surface area contributed by atoms with E-state index in [1.807, 2.05) is 46.2 Å². The van der Waals surface area contributed by atoms with E-state index in [0.717, 1.165) is 17.9 Å². The molecule has 0 bridgehead atoms. The maximum Gasteiger partial charge on any atom is 0.254 e. The zero-order chi connectivity index (χ0) is 22.9. The first kappa shape index (κ1) is 23.3. The first-order valence-electron chi connectivity index (χ1n) is 12.4. The van der Waals surface area contributed by atoms with Gasteiger partial charge in [-0.15, -0.1) is 0 Å².